The smallest absolute Gasteiger partial charge is 0.235 e. The van der Waals surface area contributed by atoms with Crippen LogP contribution in [0.1, 0.15) is 11.1 Å². The SMILES string of the molecule is Cc1c(OCc2ccccc2)ccc2c(=O)c(Oc3cnn(-c4ccccc4)c3)coc12. The van der Waals surface area contributed by atoms with Crippen LogP contribution >= 0.6 is 0 Å². The van der Waals surface area contributed by atoms with Crippen molar-refractivity contribution in [2.45, 2.75) is 13.5 Å². The van der Waals surface area contributed by atoms with Gasteiger partial charge < -0.3 is 13.9 Å². The van der Waals surface area contributed by atoms with Crippen molar-refractivity contribution >= 4 is 11.0 Å². The molecule has 0 unspecified atom stereocenters. The minimum atomic E-state index is -0.253. The van der Waals surface area contributed by atoms with Crippen LogP contribution in [-0.2, 0) is 6.61 Å². The number of benzene rings is 3. The molecule has 0 spiro atoms. The van der Waals surface area contributed by atoms with Crippen molar-refractivity contribution in [3.05, 3.63) is 113 Å². The first-order chi connectivity index (χ1) is 15.7. The lowest BCUT2D eigenvalue weighted by molar-refractivity contribution is 0.304. The van der Waals surface area contributed by atoms with Crippen LogP contribution in [-0.4, -0.2) is 9.78 Å². The highest BCUT2D eigenvalue weighted by atomic mass is 16.5. The summed E-state index contributed by atoms with van der Waals surface area (Å²) < 4.78 is 19.2. The van der Waals surface area contributed by atoms with Gasteiger partial charge in [0, 0.05) is 5.56 Å². The number of aromatic nitrogens is 2. The fraction of sp³-hybridized carbons (Fsp3) is 0.0769. The topological polar surface area (TPSA) is 66.5 Å². The van der Waals surface area contributed by atoms with E-state index >= 15 is 0 Å². The molecule has 0 aliphatic heterocycles. The fourth-order valence-electron chi connectivity index (χ4n) is 3.47. The van der Waals surface area contributed by atoms with Gasteiger partial charge in [0.1, 0.15) is 24.2 Å². The van der Waals surface area contributed by atoms with Crippen LogP contribution in [0.5, 0.6) is 17.2 Å². The Labute approximate surface area is 184 Å². The minimum absolute atomic E-state index is 0.0995. The number of para-hydroxylation sites is 1. The maximum Gasteiger partial charge on any atom is 0.235 e. The number of fused-ring (bicyclic) bond motifs is 1. The van der Waals surface area contributed by atoms with Crippen LogP contribution in [0.15, 0.2) is 101 Å². The Hall–Kier alpha value is -4.32. The Morgan fingerprint density at radius 2 is 1.69 bits per heavy atom. The lowest BCUT2D eigenvalue weighted by atomic mass is 10.1. The van der Waals surface area contributed by atoms with E-state index < -0.39 is 0 Å². The summed E-state index contributed by atoms with van der Waals surface area (Å²) in [6.45, 7) is 2.31. The number of aryl methyl sites for hydroxylation is 1. The third-order valence-corrected chi connectivity index (χ3v) is 5.15. The van der Waals surface area contributed by atoms with Crippen molar-refractivity contribution in [2.24, 2.45) is 0 Å². The van der Waals surface area contributed by atoms with Gasteiger partial charge >= 0.3 is 0 Å². The Kier molecular flexibility index (Phi) is 5.17. The molecule has 158 valence electrons. The van der Waals surface area contributed by atoms with Crippen molar-refractivity contribution < 1.29 is 13.9 Å². The van der Waals surface area contributed by atoms with Crippen molar-refractivity contribution in [1.29, 1.82) is 0 Å². The zero-order valence-electron chi connectivity index (χ0n) is 17.4. The van der Waals surface area contributed by atoms with Gasteiger partial charge in [-0.1, -0.05) is 48.5 Å². The quantitative estimate of drug-likeness (QED) is 0.352. The molecule has 0 radical (unpaired) electrons. The van der Waals surface area contributed by atoms with Crippen LogP contribution in [0.3, 0.4) is 0 Å². The molecule has 6 heteroatoms. The maximum atomic E-state index is 13.0. The lowest BCUT2D eigenvalue weighted by Crippen LogP contribution is -2.06. The zero-order valence-corrected chi connectivity index (χ0v) is 17.4. The van der Waals surface area contributed by atoms with E-state index in [1.54, 1.807) is 29.2 Å². The fourth-order valence-corrected chi connectivity index (χ4v) is 3.47. The average molecular weight is 424 g/mol. The summed E-state index contributed by atoms with van der Waals surface area (Å²) in [5, 5.41) is 4.72. The molecule has 0 atom stereocenters. The van der Waals surface area contributed by atoms with Gasteiger partial charge in [-0.2, -0.15) is 5.10 Å². The Bertz CT molecular complexity index is 1420. The second-order valence-corrected chi connectivity index (χ2v) is 7.33. The second-order valence-electron chi connectivity index (χ2n) is 7.33. The molecule has 2 heterocycles. The minimum Gasteiger partial charge on any atom is -0.488 e. The molecule has 0 saturated heterocycles. The first-order valence-corrected chi connectivity index (χ1v) is 10.2. The summed E-state index contributed by atoms with van der Waals surface area (Å²) in [5.74, 6) is 1.21. The van der Waals surface area contributed by atoms with E-state index in [4.69, 9.17) is 13.9 Å². The van der Waals surface area contributed by atoms with Gasteiger partial charge in [-0.3, -0.25) is 4.79 Å². The van der Waals surface area contributed by atoms with Gasteiger partial charge in [-0.05, 0) is 36.8 Å². The molecule has 0 amide bonds. The number of hydrogen-bond donors (Lipinski definition) is 0. The van der Waals surface area contributed by atoms with Gasteiger partial charge in [0.2, 0.25) is 11.2 Å². The molecule has 3 aromatic carbocycles. The van der Waals surface area contributed by atoms with E-state index in [9.17, 15) is 4.79 Å². The predicted octanol–water partition coefficient (Wildman–Crippen LogP) is 5.66. The maximum absolute atomic E-state index is 13.0. The molecule has 0 aliphatic carbocycles. The average Bonchev–Trinajstić information content (AvgIpc) is 3.30. The van der Waals surface area contributed by atoms with Gasteiger partial charge in [0.25, 0.3) is 0 Å². The van der Waals surface area contributed by atoms with E-state index in [0.29, 0.717) is 29.1 Å². The monoisotopic (exact) mass is 424 g/mol. The van der Waals surface area contributed by atoms with Crippen molar-refractivity contribution in [1.82, 2.24) is 9.78 Å². The summed E-state index contributed by atoms with van der Waals surface area (Å²) in [6, 6.07) is 23.0. The summed E-state index contributed by atoms with van der Waals surface area (Å²) in [4.78, 5) is 13.0. The highest BCUT2D eigenvalue weighted by Gasteiger charge is 2.15. The highest BCUT2D eigenvalue weighted by molar-refractivity contribution is 5.82. The first kappa shape index (κ1) is 19.6. The van der Waals surface area contributed by atoms with Gasteiger partial charge in [0.15, 0.2) is 5.75 Å². The van der Waals surface area contributed by atoms with E-state index in [-0.39, 0.29) is 11.2 Å². The Morgan fingerprint density at radius 3 is 2.47 bits per heavy atom. The molecule has 32 heavy (non-hydrogen) atoms. The van der Waals surface area contributed by atoms with Gasteiger partial charge in [-0.25, -0.2) is 4.68 Å². The van der Waals surface area contributed by atoms with E-state index in [1.807, 2.05) is 67.6 Å². The van der Waals surface area contributed by atoms with E-state index in [1.165, 1.54) is 6.26 Å². The molecule has 0 bridgehead atoms. The summed E-state index contributed by atoms with van der Waals surface area (Å²) in [6.07, 6.45) is 4.60. The molecule has 2 aromatic heterocycles. The number of nitrogens with zero attached hydrogens (tertiary/aromatic N) is 2. The van der Waals surface area contributed by atoms with Crippen molar-refractivity contribution in [2.75, 3.05) is 0 Å². The second kappa shape index (κ2) is 8.43. The van der Waals surface area contributed by atoms with Crippen LogP contribution in [0, 0.1) is 6.92 Å². The standard InChI is InChI=1S/C26H20N2O4/c1-18-23(30-16-19-8-4-2-5-9-19)13-12-22-25(29)24(17-31-26(18)22)32-21-14-27-28(15-21)20-10-6-3-7-11-20/h2-15,17H,16H2,1H3. The van der Waals surface area contributed by atoms with Crippen LogP contribution in [0.2, 0.25) is 0 Å². The summed E-state index contributed by atoms with van der Waals surface area (Å²) >= 11 is 0. The van der Waals surface area contributed by atoms with Crippen LogP contribution in [0.4, 0.5) is 0 Å². The highest BCUT2D eigenvalue weighted by Crippen LogP contribution is 2.29. The van der Waals surface area contributed by atoms with Crippen molar-refractivity contribution in [3.63, 3.8) is 0 Å². The van der Waals surface area contributed by atoms with Gasteiger partial charge in [0.05, 0.1) is 23.5 Å². The number of rotatable bonds is 6. The lowest BCUT2D eigenvalue weighted by Gasteiger charge is -2.11. The molecule has 0 fully saturated rings. The Morgan fingerprint density at radius 1 is 0.938 bits per heavy atom. The first-order valence-electron chi connectivity index (χ1n) is 10.2. The summed E-state index contributed by atoms with van der Waals surface area (Å²) in [5.41, 5.74) is 2.95. The third-order valence-electron chi connectivity index (χ3n) is 5.15. The van der Waals surface area contributed by atoms with E-state index in [0.717, 1.165) is 16.8 Å². The molecular formula is C26H20N2O4. The normalized spacial score (nSPS) is 10.9. The molecule has 0 saturated carbocycles. The molecule has 5 aromatic rings. The molecule has 6 nitrogen and oxygen atoms in total. The van der Waals surface area contributed by atoms with Crippen LogP contribution < -0.4 is 14.9 Å². The van der Waals surface area contributed by atoms with E-state index in [2.05, 4.69) is 5.10 Å². The molecule has 5 rings (SSSR count). The summed E-state index contributed by atoms with van der Waals surface area (Å²) in [7, 11) is 0. The predicted molar refractivity (Wildman–Crippen MR) is 122 cm³/mol. The van der Waals surface area contributed by atoms with Gasteiger partial charge in [-0.15, -0.1) is 0 Å². The number of hydrogen-bond acceptors (Lipinski definition) is 5. The molecule has 0 N–H and O–H groups in total. The third kappa shape index (κ3) is 3.86. The van der Waals surface area contributed by atoms with Crippen molar-refractivity contribution in [3.8, 4) is 22.9 Å². The molecular weight excluding hydrogens is 404 g/mol. The largest absolute Gasteiger partial charge is 0.488 e. The Balaban J connectivity index is 1.39. The molecule has 0 aliphatic rings. The van der Waals surface area contributed by atoms with Crippen LogP contribution in [0.25, 0.3) is 16.7 Å². The number of ether oxygens (including phenoxy) is 2. The zero-order chi connectivity index (χ0) is 21.9.